The number of fused-ring (bicyclic) bond motifs is 7. The fourth-order valence-corrected chi connectivity index (χ4v) is 11.4. The van der Waals surface area contributed by atoms with Gasteiger partial charge in [0.2, 0.25) is 0 Å². The quantitative estimate of drug-likeness (QED) is 0.499. The Kier molecular flexibility index (Phi) is 5.40. The summed E-state index contributed by atoms with van der Waals surface area (Å²) in [6.45, 7) is 16.7. The smallest absolute Gasteiger partial charge is 0.141 e. The first-order valence-electron chi connectivity index (χ1n) is 13.8. The lowest BCUT2D eigenvalue weighted by Crippen LogP contribution is -2.67. The van der Waals surface area contributed by atoms with Gasteiger partial charge in [-0.2, -0.15) is 0 Å². The molecule has 1 unspecified atom stereocenters. The van der Waals surface area contributed by atoms with Gasteiger partial charge < -0.3 is 10.2 Å². The molecule has 3 heteroatoms. The molecule has 0 saturated heterocycles. The van der Waals surface area contributed by atoms with Gasteiger partial charge in [-0.1, -0.05) is 39.8 Å². The van der Waals surface area contributed by atoms with Gasteiger partial charge in [-0.15, -0.1) is 0 Å². The molecule has 0 aliphatic heterocycles. The Morgan fingerprint density at radius 2 is 1.61 bits per heavy atom. The van der Waals surface area contributed by atoms with E-state index in [2.05, 4.69) is 41.2 Å². The Hall–Kier alpha value is -0.670. The van der Waals surface area contributed by atoms with E-state index >= 15 is 0 Å². The van der Waals surface area contributed by atoms with Crippen molar-refractivity contribution in [1.82, 2.24) is 0 Å². The number of aliphatic hydroxyl groups excluding tert-OH is 2. The third kappa shape index (κ3) is 2.79. The molecule has 0 aromatic heterocycles. The van der Waals surface area contributed by atoms with Gasteiger partial charge in [-0.25, -0.2) is 0 Å². The molecule has 10 atom stereocenters. The van der Waals surface area contributed by atoms with E-state index in [4.69, 9.17) is 0 Å². The summed E-state index contributed by atoms with van der Waals surface area (Å²) in [7, 11) is 0. The van der Waals surface area contributed by atoms with E-state index in [1.807, 2.05) is 0 Å². The van der Waals surface area contributed by atoms with Crippen LogP contribution in [0.2, 0.25) is 0 Å². The molecule has 0 heterocycles. The van der Waals surface area contributed by atoms with Gasteiger partial charge in [0, 0.05) is 13.0 Å². The summed E-state index contributed by atoms with van der Waals surface area (Å²) in [5.41, 5.74) is 1.50. The van der Waals surface area contributed by atoms with Crippen molar-refractivity contribution >= 4 is 5.78 Å². The van der Waals surface area contributed by atoms with Crippen molar-refractivity contribution in [3.63, 3.8) is 0 Å². The molecule has 33 heavy (non-hydrogen) atoms. The molecule has 0 spiro atoms. The Labute approximate surface area is 201 Å². The second-order valence-electron chi connectivity index (χ2n) is 14.2. The molecular weight excluding hydrogens is 408 g/mol. The maximum Gasteiger partial charge on any atom is 0.141 e. The van der Waals surface area contributed by atoms with Crippen LogP contribution < -0.4 is 0 Å². The van der Waals surface area contributed by atoms with Gasteiger partial charge in [0.15, 0.2) is 0 Å². The van der Waals surface area contributed by atoms with Crippen molar-refractivity contribution in [2.24, 2.45) is 56.7 Å². The summed E-state index contributed by atoms with van der Waals surface area (Å²) in [6, 6.07) is 0. The summed E-state index contributed by atoms with van der Waals surface area (Å²) < 4.78 is 0. The summed E-state index contributed by atoms with van der Waals surface area (Å²) in [4.78, 5) is 13.0. The zero-order chi connectivity index (χ0) is 24.0. The normalized spacial score (nSPS) is 55.8. The van der Waals surface area contributed by atoms with Crippen molar-refractivity contribution < 1.29 is 15.0 Å². The van der Waals surface area contributed by atoms with E-state index in [1.165, 1.54) is 37.7 Å². The molecule has 0 aromatic rings. The average Bonchev–Trinajstić information content (AvgIpc) is 3.17. The highest BCUT2D eigenvalue weighted by Gasteiger charge is 2.71. The van der Waals surface area contributed by atoms with Gasteiger partial charge in [0.05, 0.1) is 12.0 Å². The first kappa shape index (κ1) is 24.0. The number of allylic oxidation sites excluding steroid dienone is 1. The fraction of sp³-hybridized carbons (Fsp3) is 0.900. The number of hydrogen-bond donors (Lipinski definition) is 2. The third-order valence-corrected chi connectivity index (χ3v) is 13.4. The molecular formula is C30H48O3. The van der Waals surface area contributed by atoms with Crippen LogP contribution in [0.15, 0.2) is 12.2 Å². The van der Waals surface area contributed by atoms with E-state index < -0.39 is 5.41 Å². The topological polar surface area (TPSA) is 57.5 Å². The van der Waals surface area contributed by atoms with Crippen LogP contribution in [0.5, 0.6) is 0 Å². The number of carbonyl (C=O) groups is 1. The van der Waals surface area contributed by atoms with Crippen LogP contribution >= 0.6 is 0 Å². The first-order chi connectivity index (χ1) is 15.4. The maximum absolute atomic E-state index is 13.0. The lowest BCUT2D eigenvalue weighted by molar-refractivity contribution is -0.239. The number of carbonyl (C=O) groups excluding carboxylic acids is 1. The van der Waals surface area contributed by atoms with Gasteiger partial charge in [0.1, 0.15) is 5.78 Å². The molecule has 2 N–H and O–H groups in total. The van der Waals surface area contributed by atoms with Crippen molar-refractivity contribution in [2.75, 3.05) is 13.2 Å². The second kappa shape index (κ2) is 7.42. The molecule has 5 rings (SSSR count). The van der Waals surface area contributed by atoms with Crippen molar-refractivity contribution in [2.45, 2.75) is 98.8 Å². The van der Waals surface area contributed by atoms with E-state index in [0.29, 0.717) is 42.6 Å². The van der Waals surface area contributed by atoms with E-state index in [1.54, 1.807) is 0 Å². The largest absolute Gasteiger partial charge is 0.396 e. The molecule has 5 aliphatic rings. The maximum atomic E-state index is 13.0. The predicted octanol–water partition coefficient (Wildman–Crippen LogP) is 6.18. The molecule has 0 radical (unpaired) electrons. The fourth-order valence-electron chi connectivity index (χ4n) is 11.4. The van der Waals surface area contributed by atoms with Crippen molar-refractivity contribution in [1.29, 1.82) is 0 Å². The van der Waals surface area contributed by atoms with Crippen LogP contribution in [-0.4, -0.2) is 29.2 Å². The highest BCUT2D eigenvalue weighted by atomic mass is 16.3. The van der Waals surface area contributed by atoms with Crippen LogP contribution in [0.4, 0.5) is 0 Å². The monoisotopic (exact) mass is 456 g/mol. The number of hydrogen-bond acceptors (Lipinski definition) is 3. The predicted molar refractivity (Wildman–Crippen MR) is 132 cm³/mol. The molecule has 0 bridgehead atoms. The molecule has 0 aromatic carbocycles. The third-order valence-electron chi connectivity index (χ3n) is 13.4. The molecule has 3 nitrogen and oxygen atoms in total. The lowest BCUT2D eigenvalue weighted by atomic mass is 9.32. The second-order valence-corrected chi connectivity index (χ2v) is 14.2. The summed E-state index contributed by atoms with van der Waals surface area (Å²) in [5, 5.41) is 21.0. The van der Waals surface area contributed by atoms with E-state index in [-0.39, 0.29) is 34.1 Å². The Morgan fingerprint density at radius 1 is 0.879 bits per heavy atom. The lowest BCUT2D eigenvalue weighted by Gasteiger charge is -2.72. The van der Waals surface area contributed by atoms with Crippen LogP contribution in [0, 0.1) is 56.7 Å². The minimum atomic E-state index is -0.568. The Bertz CT molecular complexity index is 849. The zero-order valence-electron chi connectivity index (χ0n) is 21.9. The van der Waals surface area contributed by atoms with Crippen LogP contribution in [0.1, 0.15) is 98.8 Å². The first-order valence-corrected chi connectivity index (χ1v) is 13.8. The molecule has 186 valence electrons. The van der Waals surface area contributed by atoms with Crippen molar-refractivity contribution in [3.05, 3.63) is 12.2 Å². The number of Topliss-reactive ketones (excluding diaryl/α,β-unsaturated/α-hetero) is 1. The van der Waals surface area contributed by atoms with Gasteiger partial charge in [-0.3, -0.25) is 4.79 Å². The standard InChI is InChI=1S/C30H48O3/c1-19(2)20-9-14-30(18-32)16-15-28(5)21(25(20)30)7-8-23-26(3)12-11-24(33)27(4,17-31)22(26)10-13-29(23,28)6/h20-23,25,31-32H,1,7-18H2,2-6H3/t20-,21+,22+,23+,25+,26-,27?,28+,29+,30+/m0/s1. The SMILES string of the molecule is C=C(C)[C@@H]1CC[C@]2(CO)CC[C@]3(C)[C@H](CC[C@@H]4[C@@]5(C)CCC(=O)C(C)(CO)[C@@H]5CC[C@]43C)[C@@H]12. The molecule has 5 saturated carbocycles. The van der Waals surface area contributed by atoms with E-state index in [9.17, 15) is 15.0 Å². The Balaban J connectivity index is 1.55. The average molecular weight is 457 g/mol. The Morgan fingerprint density at radius 3 is 2.24 bits per heavy atom. The highest BCUT2D eigenvalue weighted by molar-refractivity contribution is 5.86. The van der Waals surface area contributed by atoms with Crippen LogP contribution in [0.3, 0.4) is 0 Å². The van der Waals surface area contributed by atoms with Gasteiger partial charge >= 0.3 is 0 Å². The summed E-state index contributed by atoms with van der Waals surface area (Å²) in [6.07, 6.45) is 11.1. The van der Waals surface area contributed by atoms with Crippen LogP contribution in [-0.2, 0) is 4.79 Å². The van der Waals surface area contributed by atoms with Gasteiger partial charge in [0.25, 0.3) is 0 Å². The summed E-state index contributed by atoms with van der Waals surface area (Å²) in [5.74, 6) is 2.96. The zero-order valence-corrected chi connectivity index (χ0v) is 21.9. The number of ketones is 1. The number of rotatable bonds is 3. The number of aliphatic hydroxyl groups is 2. The van der Waals surface area contributed by atoms with Gasteiger partial charge in [-0.05, 0) is 116 Å². The highest BCUT2D eigenvalue weighted by Crippen LogP contribution is 2.77. The molecule has 0 amide bonds. The van der Waals surface area contributed by atoms with Crippen LogP contribution in [0.25, 0.3) is 0 Å². The van der Waals surface area contributed by atoms with Crippen molar-refractivity contribution in [3.8, 4) is 0 Å². The molecule has 5 fully saturated rings. The minimum absolute atomic E-state index is 0.00317. The molecule has 5 aliphatic carbocycles. The minimum Gasteiger partial charge on any atom is -0.396 e. The summed E-state index contributed by atoms with van der Waals surface area (Å²) >= 11 is 0. The van der Waals surface area contributed by atoms with E-state index in [0.717, 1.165) is 25.7 Å².